The van der Waals surface area contributed by atoms with Gasteiger partial charge in [-0.15, -0.1) is 0 Å². The number of nitrogen functional groups attached to an aromatic ring is 1. The van der Waals surface area contributed by atoms with E-state index >= 15 is 0 Å². The zero-order chi connectivity index (χ0) is 14.5. The van der Waals surface area contributed by atoms with Crippen molar-refractivity contribution in [3.05, 3.63) is 23.8 Å². The van der Waals surface area contributed by atoms with Crippen molar-refractivity contribution < 1.29 is 9.53 Å². The normalized spacial score (nSPS) is 18.9. The number of piperidine rings is 1. The second-order valence-corrected chi connectivity index (χ2v) is 5.36. The molecule has 110 valence electrons. The Hall–Kier alpha value is -1.71. The van der Waals surface area contributed by atoms with E-state index in [0.717, 1.165) is 24.7 Å². The van der Waals surface area contributed by atoms with Gasteiger partial charge in [-0.2, -0.15) is 0 Å². The first-order chi connectivity index (χ1) is 9.65. The molecule has 1 aromatic rings. The van der Waals surface area contributed by atoms with Crippen LogP contribution in [0.25, 0.3) is 0 Å². The predicted molar refractivity (Wildman–Crippen MR) is 82.0 cm³/mol. The van der Waals surface area contributed by atoms with Crippen molar-refractivity contribution in [2.45, 2.75) is 33.1 Å². The zero-order valence-corrected chi connectivity index (χ0v) is 12.4. The van der Waals surface area contributed by atoms with Crippen molar-refractivity contribution in [3.8, 4) is 0 Å². The highest BCUT2D eigenvalue weighted by atomic mass is 16.5. The summed E-state index contributed by atoms with van der Waals surface area (Å²) in [6, 6.07) is 5.47. The number of nitrogens with zero attached hydrogens (tertiary/aromatic N) is 1. The summed E-state index contributed by atoms with van der Waals surface area (Å²) in [6.45, 7) is 6.51. The van der Waals surface area contributed by atoms with E-state index in [4.69, 9.17) is 10.5 Å². The quantitative estimate of drug-likeness (QED) is 0.678. The van der Waals surface area contributed by atoms with E-state index in [-0.39, 0.29) is 5.97 Å². The molecule has 0 aromatic heterocycles. The van der Waals surface area contributed by atoms with Crippen molar-refractivity contribution in [3.63, 3.8) is 0 Å². The number of hydrogen-bond acceptors (Lipinski definition) is 4. The van der Waals surface area contributed by atoms with Crippen LogP contribution in [0.15, 0.2) is 18.2 Å². The third-order valence-corrected chi connectivity index (χ3v) is 3.98. The summed E-state index contributed by atoms with van der Waals surface area (Å²) in [7, 11) is 0. The van der Waals surface area contributed by atoms with Crippen LogP contribution in [-0.4, -0.2) is 25.7 Å². The Bertz CT molecular complexity index is 474. The molecule has 4 nitrogen and oxygen atoms in total. The molecule has 0 spiro atoms. The summed E-state index contributed by atoms with van der Waals surface area (Å²) in [6.07, 6.45) is 3.71. The maximum absolute atomic E-state index is 11.7. The lowest BCUT2D eigenvalue weighted by molar-refractivity contribution is 0.0526. The predicted octanol–water partition coefficient (Wildman–Crippen LogP) is 3.07. The molecule has 1 atom stereocenters. The molecule has 1 aliphatic heterocycles. The summed E-state index contributed by atoms with van der Waals surface area (Å²) >= 11 is 0. The lowest BCUT2D eigenvalue weighted by atomic mass is 9.95. The molecular formula is C16H24N2O2. The van der Waals surface area contributed by atoms with Crippen LogP contribution < -0.4 is 10.6 Å². The molecule has 1 fully saturated rings. The number of carbonyl (C=O) groups is 1. The Kier molecular flexibility index (Phi) is 4.88. The van der Waals surface area contributed by atoms with Gasteiger partial charge >= 0.3 is 5.97 Å². The highest BCUT2D eigenvalue weighted by Crippen LogP contribution is 2.30. The number of esters is 1. The maximum Gasteiger partial charge on any atom is 0.338 e. The lowest BCUT2D eigenvalue weighted by Gasteiger charge is -2.34. The second kappa shape index (κ2) is 6.64. The van der Waals surface area contributed by atoms with E-state index < -0.39 is 0 Å². The van der Waals surface area contributed by atoms with Crippen LogP contribution in [0.1, 0.15) is 43.5 Å². The van der Waals surface area contributed by atoms with Gasteiger partial charge in [-0.1, -0.05) is 13.3 Å². The number of rotatable bonds is 4. The van der Waals surface area contributed by atoms with Gasteiger partial charge < -0.3 is 15.4 Å². The standard InChI is InChI=1S/C16H24N2O2/c1-3-12-6-5-9-18(11-12)15-8-7-13(10-14(15)17)16(19)20-4-2/h7-8,10,12H,3-6,9,11,17H2,1-2H3. The topological polar surface area (TPSA) is 55.6 Å². The van der Waals surface area contributed by atoms with Crippen LogP contribution in [0.3, 0.4) is 0 Å². The number of ether oxygens (including phenoxy) is 1. The average Bonchev–Trinajstić information content (AvgIpc) is 2.47. The van der Waals surface area contributed by atoms with Crippen molar-refractivity contribution in [2.75, 3.05) is 30.3 Å². The molecule has 2 rings (SSSR count). The maximum atomic E-state index is 11.7. The third kappa shape index (κ3) is 3.24. The van der Waals surface area contributed by atoms with Gasteiger partial charge in [0, 0.05) is 13.1 Å². The van der Waals surface area contributed by atoms with Crippen molar-refractivity contribution in [1.29, 1.82) is 0 Å². The number of benzene rings is 1. The van der Waals surface area contributed by atoms with Crippen LogP contribution in [0.2, 0.25) is 0 Å². The Morgan fingerprint density at radius 1 is 1.45 bits per heavy atom. The highest BCUT2D eigenvalue weighted by molar-refractivity contribution is 5.92. The molecule has 1 aromatic carbocycles. The number of nitrogens with two attached hydrogens (primary N) is 1. The molecule has 0 saturated carbocycles. The Balaban J connectivity index is 2.15. The first-order valence-corrected chi connectivity index (χ1v) is 7.47. The van der Waals surface area contributed by atoms with Crippen molar-refractivity contribution >= 4 is 17.3 Å². The minimum Gasteiger partial charge on any atom is -0.462 e. The molecule has 20 heavy (non-hydrogen) atoms. The molecule has 4 heteroatoms. The van der Waals surface area contributed by atoms with E-state index in [1.54, 1.807) is 19.1 Å². The van der Waals surface area contributed by atoms with Gasteiger partial charge in [0.1, 0.15) is 0 Å². The van der Waals surface area contributed by atoms with E-state index in [1.807, 2.05) is 6.07 Å². The van der Waals surface area contributed by atoms with Gasteiger partial charge in [-0.05, 0) is 43.9 Å². The van der Waals surface area contributed by atoms with E-state index in [0.29, 0.717) is 17.9 Å². The average molecular weight is 276 g/mol. The molecule has 0 radical (unpaired) electrons. The molecule has 1 heterocycles. The number of carbonyl (C=O) groups excluding carboxylic acids is 1. The molecule has 1 aliphatic rings. The third-order valence-electron chi connectivity index (χ3n) is 3.98. The smallest absolute Gasteiger partial charge is 0.338 e. The first kappa shape index (κ1) is 14.7. The number of hydrogen-bond donors (Lipinski definition) is 1. The van der Waals surface area contributed by atoms with Gasteiger partial charge in [0.05, 0.1) is 23.5 Å². The Morgan fingerprint density at radius 3 is 2.90 bits per heavy atom. The minimum absolute atomic E-state index is 0.309. The largest absolute Gasteiger partial charge is 0.462 e. The molecule has 1 saturated heterocycles. The monoisotopic (exact) mass is 276 g/mol. The van der Waals surface area contributed by atoms with Gasteiger partial charge in [0.2, 0.25) is 0 Å². The summed E-state index contributed by atoms with van der Waals surface area (Å²) in [5.41, 5.74) is 8.35. The van der Waals surface area contributed by atoms with Crippen LogP contribution in [0.5, 0.6) is 0 Å². The van der Waals surface area contributed by atoms with Crippen molar-refractivity contribution in [1.82, 2.24) is 0 Å². The van der Waals surface area contributed by atoms with Gasteiger partial charge in [-0.25, -0.2) is 4.79 Å². The molecule has 0 bridgehead atoms. The van der Waals surface area contributed by atoms with Crippen LogP contribution in [-0.2, 0) is 4.74 Å². The fourth-order valence-corrected chi connectivity index (χ4v) is 2.80. The Labute approximate surface area is 120 Å². The lowest BCUT2D eigenvalue weighted by Crippen LogP contribution is -2.35. The minimum atomic E-state index is -0.309. The highest BCUT2D eigenvalue weighted by Gasteiger charge is 2.20. The SMILES string of the molecule is CCOC(=O)c1ccc(N2CCCC(CC)C2)c(N)c1. The zero-order valence-electron chi connectivity index (χ0n) is 12.4. The molecule has 0 aliphatic carbocycles. The van der Waals surface area contributed by atoms with E-state index in [1.165, 1.54) is 19.3 Å². The van der Waals surface area contributed by atoms with Gasteiger partial charge in [0.25, 0.3) is 0 Å². The number of anilines is 2. The van der Waals surface area contributed by atoms with E-state index in [2.05, 4.69) is 11.8 Å². The summed E-state index contributed by atoms with van der Waals surface area (Å²) < 4.78 is 4.99. The fraction of sp³-hybridized carbons (Fsp3) is 0.562. The molecule has 1 unspecified atom stereocenters. The molecular weight excluding hydrogens is 252 g/mol. The van der Waals surface area contributed by atoms with E-state index in [9.17, 15) is 4.79 Å². The van der Waals surface area contributed by atoms with Crippen LogP contribution in [0.4, 0.5) is 11.4 Å². The fourth-order valence-electron chi connectivity index (χ4n) is 2.80. The summed E-state index contributed by atoms with van der Waals surface area (Å²) in [5.74, 6) is 0.434. The molecule has 2 N–H and O–H groups in total. The van der Waals surface area contributed by atoms with Crippen LogP contribution in [0, 0.1) is 5.92 Å². The molecule has 0 amide bonds. The Morgan fingerprint density at radius 2 is 2.25 bits per heavy atom. The summed E-state index contributed by atoms with van der Waals surface area (Å²) in [5, 5.41) is 0. The first-order valence-electron chi connectivity index (χ1n) is 7.47. The summed E-state index contributed by atoms with van der Waals surface area (Å²) in [4.78, 5) is 14.0. The van der Waals surface area contributed by atoms with Crippen molar-refractivity contribution in [2.24, 2.45) is 5.92 Å². The van der Waals surface area contributed by atoms with Gasteiger partial charge in [0.15, 0.2) is 0 Å². The second-order valence-electron chi connectivity index (χ2n) is 5.36. The van der Waals surface area contributed by atoms with Gasteiger partial charge in [-0.3, -0.25) is 0 Å². The van der Waals surface area contributed by atoms with Crippen LogP contribution >= 0.6 is 0 Å².